The van der Waals surface area contributed by atoms with Crippen molar-refractivity contribution in [2.75, 3.05) is 0 Å². The van der Waals surface area contributed by atoms with Crippen LogP contribution in [0.3, 0.4) is 0 Å². The fourth-order valence-electron chi connectivity index (χ4n) is 1.63. The first kappa shape index (κ1) is 12.7. The quantitative estimate of drug-likeness (QED) is 0.680. The highest BCUT2D eigenvalue weighted by atomic mass is 35.5. The molecule has 0 aliphatic carbocycles. The summed E-state index contributed by atoms with van der Waals surface area (Å²) in [5.74, 6) is 0. The maximum absolute atomic E-state index is 5.90. The minimum Gasteiger partial charge on any atom is -0.137 e. The lowest BCUT2D eigenvalue weighted by atomic mass is 10.2. The van der Waals surface area contributed by atoms with Crippen molar-refractivity contribution in [2.45, 2.75) is 9.10 Å². The third-order valence-corrected chi connectivity index (χ3v) is 4.66. The average molecular weight is 305 g/mol. The molecular formula is C14H9ClN2S2. The summed E-state index contributed by atoms with van der Waals surface area (Å²) >= 11 is 9.00. The highest BCUT2D eigenvalue weighted by molar-refractivity contribution is 8.01. The molecule has 5 heteroatoms. The first-order valence-corrected chi connectivity index (χ1v) is 7.61. The zero-order valence-electron chi connectivity index (χ0n) is 9.79. The molecule has 3 rings (SSSR count). The van der Waals surface area contributed by atoms with Gasteiger partial charge in [0.25, 0.3) is 0 Å². The molecule has 0 saturated carbocycles. The molecule has 0 N–H and O–H groups in total. The van der Waals surface area contributed by atoms with Crippen molar-refractivity contribution >= 4 is 34.9 Å². The minimum atomic E-state index is 0.726. The van der Waals surface area contributed by atoms with Gasteiger partial charge in [0.1, 0.15) is 9.90 Å². The molecule has 94 valence electrons. The van der Waals surface area contributed by atoms with Crippen molar-refractivity contribution in [3.8, 4) is 11.3 Å². The second-order valence-electron chi connectivity index (χ2n) is 3.83. The van der Waals surface area contributed by atoms with Crippen molar-refractivity contribution < 1.29 is 0 Å². The standard InChI is InChI=1S/C14H9ClN2S2/c15-11-8-6-10(7-9-11)13-14(19-17-16-13)18-12-4-2-1-3-5-12/h1-9H. The summed E-state index contributed by atoms with van der Waals surface area (Å²) in [6, 6.07) is 17.9. The first-order chi connectivity index (χ1) is 9.33. The van der Waals surface area contributed by atoms with Crippen LogP contribution in [0.1, 0.15) is 0 Å². The number of hydrogen-bond acceptors (Lipinski definition) is 4. The fraction of sp³-hybridized carbons (Fsp3) is 0. The van der Waals surface area contributed by atoms with Crippen LogP contribution in [0.25, 0.3) is 11.3 Å². The topological polar surface area (TPSA) is 25.8 Å². The molecular weight excluding hydrogens is 296 g/mol. The van der Waals surface area contributed by atoms with Gasteiger partial charge in [0.05, 0.1) is 0 Å². The van der Waals surface area contributed by atoms with E-state index in [1.807, 2.05) is 42.5 Å². The maximum atomic E-state index is 5.90. The Morgan fingerprint density at radius 2 is 1.68 bits per heavy atom. The van der Waals surface area contributed by atoms with Gasteiger partial charge in [0.2, 0.25) is 0 Å². The van der Waals surface area contributed by atoms with Gasteiger partial charge in [-0.25, -0.2) is 0 Å². The van der Waals surface area contributed by atoms with Gasteiger partial charge in [-0.1, -0.05) is 58.2 Å². The van der Waals surface area contributed by atoms with Crippen molar-refractivity contribution in [1.29, 1.82) is 0 Å². The molecule has 0 amide bonds. The summed E-state index contributed by atoms with van der Waals surface area (Å²) in [5, 5.41) is 4.94. The monoisotopic (exact) mass is 304 g/mol. The van der Waals surface area contributed by atoms with E-state index < -0.39 is 0 Å². The Morgan fingerprint density at radius 1 is 0.947 bits per heavy atom. The fourth-order valence-corrected chi connectivity index (χ4v) is 3.50. The first-order valence-electron chi connectivity index (χ1n) is 5.64. The predicted molar refractivity (Wildman–Crippen MR) is 80.9 cm³/mol. The lowest BCUT2D eigenvalue weighted by molar-refractivity contribution is 1.15. The molecule has 0 fully saturated rings. The Labute approximate surface area is 124 Å². The molecule has 0 spiro atoms. The van der Waals surface area contributed by atoms with E-state index in [0.29, 0.717) is 0 Å². The van der Waals surface area contributed by atoms with Crippen LogP contribution in [0.2, 0.25) is 5.02 Å². The molecule has 0 atom stereocenters. The number of aromatic nitrogens is 2. The Morgan fingerprint density at radius 3 is 2.42 bits per heavy atom. The van der Waals surface area contributed by atoms with E-state index in [0.717, 1.165) is 20.5 Å². The summed E-state index contributed by atoms with van der Waals surface area (Å²) in [4.78, 5) is 1.18. The molecule has 1 heterocycles. The largest absolute Gasteiger partial charge is 0.137 e. The zero-order chi connectivity index (χ0) is 13.1. The Kier molecular flexibility index (Phi) is 3.82. The summed E-state index contributed by atoms with van der Waals surface area (Å²) < 4.78 is 5.15. The molecule has 2 nitrogen and oxygen atoms in total. The Hall–Kier alpha value is -1.36. The van der Waals surface area contributed by atoms with Crippen LogP contribution >= 0.6 is 34.9 Å². The number of rotatable bonds is 3. The van der Waals surface area contributed by atoms with E-state index >= 15 is 0 Å². The number of benzene rings is 2. The second kappa shape index (κ2) is 5.74. The van der Waals surface area contributed by atoms with Gasteiger partial charge in [0, 0.05) is 15.5 Å². The molecule has 0 unspecified atom stereocenters. The van der Waals surface area contributed by atoms with Gasteiger partial charge >= 0.3 is 0 Å². The number of halogens is 1. The molecule has 0 bridgehead atoms. The molecule has 0 aliphatic rings. The van der Waals surface area contributed by atoms with Crippen molar-refractivity contribution in [3.63, 3.8) is 0 Å². The third kappa shape index (κ3) is 2.97. The van der Waals surface area contributed by atoms with E-state index in [2.05, 4.69) is 21.7 Å². The molecule has 1 aromatic heterocycles. The number of nitrogens with zero attached hydrogens (tertiary/aromatic N) is 2. The SMILES string of the molecule is Clc1ccc(-c2nnsc2Sc2ccccc2)cc1. The van der Waals surface area contributed by atoms with E-state index in [1.54, 1.807) is 11.8 Å². The van der Waals surface area contributed by atoms with Gasteiger partial charge in [-0.15, -0.1) is 5.10 Å². The van der Waals surface area contributed by atoms with Crippen LogP contribution < -0.4 is 0 Å². The molecule has 0 radical (unpaired) electrons. The lowest BCUT2D eigenvalue weighted by Crippen LogP contribution is -1.80. The smallest absolute Gasteiger partial charge is 0.119 e. The third-order valence-electron chi connectivity index (χ3n) is 2.53. The van der Waals surface area contributed by atoms with E-state index in [9.17, 15) is 0 Å². The van der Waals surface area contributed by atoms with Crippen LogP contribution in [0.4, 0.5) is 0 Å². The summed E-state index contributed by atoms with van der Waals surface area (Å²) in [6.07, 6.45) is 0. The van der Waals surface area contributed by atoms with Gasteiger partial charge < -0.3 is 0 Å². The molecule has 0 saturated heterocycles. The van der Waals surface area contributed by atoms with Crippen molar-refractivity contribution in [3.05, 3.63) is 59.6 Å². The van der Waals surface area contributed by atoms with Crippen LogP contribution in [0.5, 0.6) is 0 Å². The molecule has 3 aromatic rings. The number of hydrogen-bond donors (Lipinski definition) is 0. The van der Waals surface area contributed by atoms with E-state index in [1.165, 1.54) is 16.4 Å². The second-order valence-corrected chi connectivity index (χ2v) is 6.36. The van der Waals surface area contributed by atoms with Gasteiger partial charge in [-0.2, -0.15) is 0 Å². The minimum absolute atomic E-state index is 0.726. The highest BCUT2D eigenvalue weighted by Gasteiger charge is 2.11. The average Bonchev–Trinajstić information content (AvgIpc) is 2.89. The van der Waals surface area contributed by atoms with Crippen molar-refractivity contribution in [1.82, 2.24) is 9.59 Å². The highest BCUT2D eigenvalue weighted by Crippen LogP contribution is 2.37. The van der Waals surface area contributed by atoms with Gasteiger partial charge in [-0.3, -0.25) is 0 Å². The summed E-state index contributed by atoms with van der Waals surface area (Å²) in [5.41, 5.74) is 1.95. The summed E-state index contributed by atoms with van der Waals surface area (Å²) in [7, 11) is 0. The Bertz CT molecular complexity index is 665. The van der Waals surface area contributed by atoms with E-state index in [4.69, 9.17) is 11.6 Å². The predicted octanol–water partition coefficient (Wildman–Crippen LogP) is 5.01. The molecule has 19 heavy (non-hydrogen) atoms. The lowest BCUT2D eigenvalue weighted by Gasteiger charge is -2.01. The normalized spacial score (nSPS) is 10.6. The van der Waals surface area contributed by atoms with Gasteiger partial charge in [-0.05, 0) is 35.8 Å². The summed E-state index contributed by atoms with van der Waals surface area (Å²) in [6.45, 7) is 0. The van der Waals surface area contributed by atoms with Gasteiger partial charge in [0.15, 0.2) is 0 Å². The van der Waals surface area contributed by atoms with Crippen LogP contribution in [-0.2, 0) is 0 Å². The van der Waals surface area contributed by atoms with Crippen LogP contribution in [0.15, 0.2) is 63.7 Å². The maximum Gasteiger partial charge on any atom is 0.119 e. The molecule has 0 aliphatic heterocycles. The van der Waals surface area contributed by atoms with Crippen LogP contribution in [0, 0.1) is 0 Å². The van der Waals surface area contributed by atoms with E-state index in [-0.39, 0.29) is 0 Å². The van der Waals surface area contributed by atoms with Crippen LogP contribution in [-0.4, -0.2) is 9.59 Å². The van der Waals surface area contributed by atoms with Crippen molar-refractivity contribution in [2.24, 2.45) is 0 Å². The Balaban J connectivity index is 1.92. The molecule has 2 aromatic carbocycles. The zero-order valence-corrected chi connectivity index (χ0v) is 12.2.